The number of carbonyl (C=O) groups is 1. The number of ether oxygens (including phenoxy) is 1. The molecule has 1 N–H and O–H groups in total. The van der Waals surface area contributed by atoms with E-state index in [-0.39, 0.29) is 28.2 Å². The van der Waals surface area contributed by atoms with E-state index < -0.39 is 10.0 Å². The van der Waals surface area contributed by atoms with Gasteiger partial charge in [0.15, 0.2) is 6.61 Å². The first kappa shape index (κ1) is 23.9. The van der Waals surface area contributed by atoms with Gasteiger partial charge in [-0.1, -0.05) is 47.5 Å². The van der Waals surface area contributed by atoms with Gasteiger partial charge in [-0.05, 0) is 49.4 Å². The number of sulfonamides is 1. The van der Waals surface area contributed by atoms with Crippen molar-refractivity contribution in [2.45, 2.75) is 11.8 Å². The number of hydrogen-bond acceptors (Lipinski definition) is 5. The molecule has 0 saturated carbocycles. The largest absolute Gasteiger partial charge is 0.482 e. The van der Waals surface area contributed by atoms with Gasteiger partial charge in [0.25, 0.3) is 15.9 Å². The summed E-state index contributed by atoms with van der Waals surface area (Å²) in [4.78, 5) is 16.6. The summed E-state index contributed by atoms with van der Waals surface area (Å²) in [6.07, 6.45) is 0. The van der Waals surface area contributed by atoms with Crippen molar-refractivity contribution in [2.75, 3.05) is 42.4 Å². The second-order valence-electron chi connectivity index (χ2n) is 8.06. The number of benzene rings is 3. The summed E-state index contributed by atoms with van der Waals surface area (Å²) in [6, 6.07) is 21.3. The van der Waals surface area contributed by atoms with E-state index >= 15 is 0 Å². The molecule has 4 rings (SSSR count). The SMILES string of the molecule is Cc1ccc(NS(=O)(=O)c2ccc(OCC(=O)N3CCN(c4ccccc4)CC3)c(Cl)c2)cc1. The third-order valence-electron chi connectivity index (χ3n) is 5.62. The number of carbonyl (C=O) groups excluding carboxylic acids is 1. The van der Waals surface area contributed by atoms with Gasteiger partial charge in [-0.3, -0.25) is 9.52 Å². The maximum atomic E-state index is 12.7. The van der Waals surface area contributed by atoms with Crippen LogP contribution in [0, 0.1) is 6.92 Å². The molecule has 0 aliphatic carbocycles. The molecule has 1 saturated heterocycles. The Kier molecular flexibility index (Phi) is 7.29. The van der Waals surface area contributed by atoms with Crippen LogP contribution in [-0.2, 0) is 14.8 Å². The normalized spacial score (nSPS) is 14.1. The summed E-state index contributed by atoms with van der Waals surface area (Å²) in [5, 5.41) is 0.119. The summed E-state index contributed by atoms with van der Waals surface area (Å²) in [7, 11) is -3.81. The lowest BCUT2D eigenvalue weighted by Crippen LogP contribution is -2.50. The molecule has 1 amide bonds. The van der Waals surface area contributed by atoms with Crippen LogP contribution in [0.4, 0.5) is 11.4 Å². The molecular formula is C25H26ClN3O4S. The van der Waals surface area contributed by atoms with Gasteiger partial charge in [0.1, 0.15) is 5.75 Å². The van der Waals surface area contributed by atoms with Crippen LogP contribution in [0.15, 0.2) is 77.7 Å². The molecule has 1 aliphatic rings. The highest BCUT2D eigenvalue weighted by Gasteiger charge is 2.22. The van der Waals surface area contributed by atoms with Crippen molar-refractivity contribution in [3.8, 4) is 5.75 Å². The van der Waals surface area contributed by atoms with Crippen LogP contribution in [0.25, 0.3) is 0 Å². The van der Waals surface area contributed by atoms with Crippen LogP contribution in [0.5, 0.6) is 5.75 Å². The van der Waals surface area contributed by atoms with Gasteiger partial charge >= 0.3 is 0 Å². The first-order chi connectivity index (χ1) is 16.3. The standard InChI is InChI=1S/C25H26ClN3O4S/c1-19-7-9-20(10-8-19)27-34(31,32)22-11-12-24(23(26)17-22)33-18-25(30)29-15-13-28(14-16-29)21-5-3-2-4-6-21/h2-12,17,27H,13-16,18H2,1H3. The summed E-state index contributed by atoms with van der Waals surface area (Å²) in [5.74, 6) is 0.119. The molecule has 0 radical (unpaired) electrons. The number of aryl methyl sites for hydroxylation is 1. The van der Waals surface area contributed by atoms with Crippen LogP contribution in [-0.4, -0.2) is 52.0 Å². The van der Waals surface area contributed by atoms with Crippen molar-refractivity contribution in [1.82, 2.24) is 4.90 Å². The van der Waals surface area contributed by atoms with Gasteiger partial charge in [0, 0.05) is 37.6 Å². The molecule has 1 aliphatic heterocycles. The summed E-state index contributed by atoms with van der Waals surface area (Å²) in [6.45, 7) is 4.46. The molecule has 0 aromatic heterocycles. The van der Waals surface area contributed by atoms with E-state index in [0.717, 1.165) is 24.3 Å². The Balaban J connectivity index is 1.32. The maximum Gasteiger partial charge on any atom is 0.261 e. The maximum absolute atomic E-state index is 12.7. The Morgan fingerprint density at radius 3 is 2.29 bits per heavy atom. The van der Waals surface area contributed by atoms with Crippen molar-refractivity contribution in [2.24, 2.45) is 0 Å². The van der Waals surface area contributed by atoms with Gasteiger partial charge in [0.05, 0.1) is 9.92 Å². The Bertz CT molecular complexity index is 1240. The van der Waals surface area contributed by atoms with Gasteiger partial charge in [-0.25, -0.2) is 8.42 Å². The van der Waals surface area contributed by atoms with Crippen LogP contribution in [0.2, 0.25) is 5.02 Å². The van der Waals surface area contributed by atoms with Crippen molar-refractivity contribution in [1.29, 1.82) is 0 Å². The van der Waals surface area contributed by atoms with Crippen molar-refractivity contribution in [3.63, 3.8) is 0 Å². The summed E-state index contributed by atoms with van der Waals surface area (Å²) < 4.78 is 33.5. The summed E-state index contributed by atoms with van der Waals surface area (Å²) in [5.41, 5.74) is 2.63. The van der Waals surface area contributed by atoms with Gasteiger partial charge < -0.3 is 14.5 Å². The minimum atomic E-state index is -3.81. The average molecular weight is 500 g/mol. The van der Waals surface area contributed by atoms with Crippen molar-refractivity contribution in [3.05, 3.63) is 83.4 Å². The number of para-hydroxylation sites is 1. The molecule has 7 nitrogen and oxygen atoms in total. The van der Waals surface area contributed by atoms with Crippen LogP contribution in [0.3, 0.4) is 0 Å². The third-order valence-corrected chi connectivity index (χ3v) is 7.30. The van der Waals surface area contributed by atoms with E-state index in [1.54, 1.807) is 17.0 Å². The highest BCUT2D eigenvalue weighted by molar-refractivity contribution is 7.92. The van der Waals surface area contributed by atoms with E-state index in [2.05, 4.69) is 21.8 Å². The molecule has 178 valence electrons. The van der Waals surface area contributed by atoms with Crippen LogP contribution < -0.4 is 14.4 Å². The van der Waals surface area contributed by atoms with E-state index in [1.165, 1.54) is 18.2 Å². The quantitative estimate of drug-likeness (QED) is 0.527. The lowest BCUT2D eigenvalue weighted by Gasteiger charge is -2.36. The number of nitrogens with one attached hydrogen (secondary N) is 1. The molecule has 3 aromatic rings. The highest BCUT2D eigenvalue weighted by Crippen LogP contribution is 2.28. The van der Waals surface area contributed by atoms with E-state index in [4.69, 9.17) is 16.3 Å². The van der Waals surface area contributed by atoms with E-state index in [1.807, 2.05) is 37.3 Å². The van der Waals surface area contributed by atoms with Crippen molar-refractivity contribution < 1.29 is 17.9 Å². The van der Waals surface area contributed by atoms with E-state index in [0.29, 0.717) is 18.8 Å². The third kappa shape index (κ3) is 5.81. The molecule has 0 bridgehead atoms. The van der Waals surface area contributed by atoms with Crippen LogP contribution >= 0.6 is 11.6 Å². The average Bonchev–Trinajstić information content (AvgIpc) is 2.85. The van der Waals surface area contributed by atoms with E-state index in [9.17, 15) is 13.2 Å². The number of halogens is 1. The molecule has 34 heavy (non-hydrogen) atoms. The molecule has 0 atom stereocenters. The number of rotatable bonds is 7. The topological polar surface area (TPSA) is 78.9 Å². The lowest BCUT2D eigenvalue weighted by molar-refractivity contribution is -0.133. The first-order valence-corrected chi connectivity index (χ1v) is 12.8. The van der Waals surface area contributed by atoms with Crippen molar-refractivity contribution >= 4 is 38.9 Å². The smallest absolute Gasteiger partial charge is 0.261 e. The number of amides is 1. The number of nitrogens with zero attached hydrogens (tertiary/aromatic N) is 2. The summed E-state index contributed by atoms with van der Waals surface area (Å²) >= 11 is 6.27. The highest BCUT2D eigenvalue weighted by atomic mass is 35.5. The first-order valence-electron chi connectivity index (χ1n) is 10.9. The fourth-order valence-electron chi connectivity index (χ4n) is 3.69. The second kappa shape index (κ2) is 10.4. The molecule has 0 spiro atoms. The number of piperazine rings is 1. The molecule has 3 aromatic carbocycles. The Labute approximate surface area is 205 Å². The molecule has 1 fully saturated rings. The predicted molar refractivity (Wildman–Crippen MR) is 134 cm³/mol. The molecular weight excluding hydrogens is 474 g/mol. The molecule has 1 heterocycles. The minimum Gasteiger partial charge on any atom is -0.482 e. The molecule has 0 unspecified atom stereocenters. The zero-order valence-corrected chi connectivity index (χ0v) is 20.3. The number of anilines is 2. The van der Waals surface area contributed by atoms with Crippen LogP contribution in [0.1, 0.15) is 5.56 Å². The minimum absolute atomic E-state index is 0.00813. The Hall–Kier alpha value is -3.23. The molecule has 9 heteroatoms. The van der Waals surface area contributed by atoms with Gasteiger partial charge in [-0.2, -0.15) is 0 Å². The lowest BCUT2D eigenvalue weighted by atomic mass is 10.2. The fraction of sp³-hybridized carbons (Fsp3) is 0.240. The second-order valence-corrected chi connectivity index (χ2v) is 10.1. The predicted octanol–water partition coefficient (Wildman–Crippen LogP) is 4.18. The van der Waals surface area contributed by atoms with Gasteiger partial charge in [0.2, 0.25) is 0 Å². The monoisotopic (exact) mass is 499 g/mol. The zero-order valence-electron chi connectivity index (χ0n) is 18.8. The fourth-order valence-corrected chi connectivity index (χ4v) is 5.07. The van der Waals surface area contributed by atoms with Gasteiger partial charge in [-0.15, -0.1) is 0 Å². The number of hydrogen-bond donors (Lipinski definition) is 1. The Morgan fingerprint density at radius 2 is 1.65 bits per heavy atom. The Morgan fingerprint density at radius 1 is 0.971 bits per heavy atom. The zero-order chi connectivity index (χ0) is 24.1.